The van der Waals surface area contributed by atoms with Crippen molar-refractivity contribution in [2.24, 2.45) is 7.05 Å². The van der Waals surface area contributed by atoms with Crippen LogP contribution in [-0.2, 0) is 13.6 Å². The lowest BCUT2D eigenvalue weighted by Crippen LogP contribution is -2.34. The highest BCUT2D eigenvalue weighted by Crippen LogP contribution is 2.38. The van der Waals surface area contributed by atoms with E-state index in [1.54, 1.807) is 0 Å². The maximum Gasteiger partial charge on any atom is 0.195 e. The highest BCUT2D eigenvalue weighted by molar-refractivity contribution is 6.25. The second kappa shape index (κ2) is 9.82. The number of nitrogens with zero attached hydrogens (tertiary/aromatic N) is 4. The van der Waals surface area contributed by atoms with Gasteiger partial charge in [-0.15, -0.1) is 0 Å². The quantitative estimate of drug-likeness (QED) is 0.225. The van der Waals surface area contributed by atoms with Gasteiger partial charge in [-0.05, 0) is 42.7 Å². The van der Waals surface area contributed by atoms with Crippen LogP contribution in [0, 0.1) is 11.3 Å². The molecule has 3 heterocycles. The maximum absolute atomic E-state index is 14.1. The predicted molar refractivity (Wildman–Crippen MR) is 161 cm³/mol. The number of likely N-dealkylation sites (tertiary alicyclic amines) is 1. The second-order valence-corrected chi connectivity index (χ2v) is 10.9. The Morgan fingerprint density at radius 2 is 1.48 bits per heavy atom. The van der Waals surface area contributed by atoms with Gasteiger partial charge in [0.15, 0.2) is 5.78 Å². The molecule has 4 aromatic carbocycles. The molecule has 0 saturated carbocycles. The number of carbonyl (C=O) groups excluding carboxylic acids is 1. The van der Waals surface area contributed by atoms with E-state index in [1.165, 1.54) is 5.52 Å². The Morgan fingerprint density at radius 3 is 2.27 bits per heavy atom. The van der Waals surface area contributed by atoms with E-state index in [0.717, 1.165) is 81.9 Å². The highest BCUT2D eigenvalue weighted by atomic mass is 16.1. The summed E-state index contributed by atoms with van der Waals surface area (Å²) in [6, 6.07) is 33.4. The van der Waals surface area contributed by atoms with Crippen molar-refractivity contribution in [3.05, 3.63) is 119 Å². The van der Waals surface area contributed by atoms with Crippen molar-refractivity contribution in [3.8, 4) is 6.07 Å². The lowest BCUT2D eigenvalue weighted by atomic mass is 9.98. The minimum Gasteiger partial charge on any atom is -0.350 e. The maximum atomic E-state index is 14.1. The molecule has 0 spiro atoms. The van der Waals surface area contributed by atoms with Crippen LogP contribution in [0.1, 0.15) is 45.9 Å². The number of piperidine rings is 1. The number of para-hydroxylation sites is 2. The first-order valence-corrected chi connectivity index (χ1v) is 13.9. The van der Waals surface area contributed by atoms with Gasteiger partial charge in [0.05, 0.1) is 17.1 Å². The molecule has 196 valence electrons. The Bertz CT molecular complexity index is 1950. The van der Waals surface area contributed by atoms with Gasteiger partial charge in [-0.3, -0.25) is 9.69 Å². The van der Waals surface area contributed by atoms with E-state index in [2.05, 4.69) is 58.0 Å². The molecule has 1 fully saturated rings. The number of ketones is 1. The summed E-state index contributed by atoms with van der Waals surface area (Å²) in [6.45, 7) is 2.73. The molecule has 0 unspecified atom stereocenters. The lowest BCUT2D eigenvalue weighted by Gasteiger charge is -2.33. The number of aromatic nitrogens is 2. The summed E-state index contributed by atoms with van der Waals surface area (Å²) in [4.78, 5) is 16.6. The van der Waals surface area contributed by atoms with Gasteiger partial charge in [-0.2, -0.15) is 5.26 Å². The number of hydrogen-bond donors (Lipinski definition) is 0. The number of rotatable bonds is 5. The molecule has 1 aliphatic heterocycles. The third-order valence-electron chi connectivity index (χ3n) is 8.58. The van der Waals surface area contributed by atoms with E-state index in [1.807, 2.05) is 66.3 Å². The van der Waals surface area contributed by atoms with Crippen molar-refractivity contribution >= 4 is 38.5 Å². The largest absolute Gasteiger partial charge is 0.350 e. The normalized spacial score (nSPS) is 14.7. The smallest absolute Gasteiger partial charge is 0.195 e. The number of nitriles is 1. The van der Waals surface area contributed by atoms with Crippen molar-refractivity contribution in [1.29, 1.82) is 5.26 Å². The standard InChI is InChI=1S/C35H30N4O/c1-37-23-30(27-11-4-6-14-31(27)37)35(40)29-13-8-16-33-34(29)28-12-5-7-15-32(28)39(33)26-17-19-38(20-18-26)22-25-10-3-2-9-24(25)21-36/h2-16,23,26H,17-20,22H2,1H3. The van der Waals surface area contributed by atoms with Crippen molar-refractivity contribution in [2.75, 3.05) is 13.1 Å². The van der Waals surface area contributed by atoms with Crippen LogP contribution in [-0.4, -0.2) is 32.9 Å². The monoisotopic (exact) mass is 522 g/mol. The molecule has 5 heteroatoms. The molecule has 1 saturated heterocycles. The zero-order valence-corrected chi connectivity index (χ0v) is 22.5. The van der Waals surface area contributed by atoms with Gasteiger partial charge in [0.25, 0.3) is 0 Å². The summed E-state index contributed by atoms with van der Waals surface area (Å²) in [6.07, 6.45) is 4.00. The molecule has 7 rings (SSSR count). The summed E-state index contributed by atoms with van der Waals surface area (Å²) in [5, 5.41) is 12.7. The van der Waals surface area contributed by atoms with Gasteiger partial charge in [-0.25, -0.2) is 0 Å². The second-order valence-electron chi connectivity index (χ2n) is 10.9. The molecule has 40 heavy (non-hydrogen) atoms. The molecule has 0 bridgehead atoms. The predicted octanol–water partition coefficient (Wildman–Crippen LogP) is 7.23. The van der Waals surface area contributed by atoms with E-state index in [4.69, 9.17) is 0 Å². The fourth-order valence-electron chi connectivity index (χ4n) is 6.64. The van der Waals surface area contributed by atoms with Crippen LogP contribution in [0.25, 0.3) is 32.7 Å². The van der Waals surface area contributed by atoms with E-state index in [-0.39, 0.29) is 5.78 Å². The Labute approximate surface area is 233 Å². The third kappa shape index (κ3) is 3.92. The van der Waals surface area contributed by atoms with Crippen LogP contribution >= 0.6 is 0 Å². The number of hydrogen-bond acceptors (Lipinski definition) is 3. The van der Waals surface area contributed by atoms with E-state index < -0.39 is 0 Å². The fourth-order valence-corrected chi connectivity index (χ4v) is 6.64. The summed E-state index contributed by atoms with van der Waals surface area (Å²) in [5.74, 6) is 0.0660. The Kier molecular flexibility index (Phi) is 5.99. The average molecular weight is 523 g/mol. The number of aryl methyl sites for hydroxylation is 1. The van der Waals surface area contributed by atoms with Crippen molar-refractivity contribution in [1.82, 2.24) is 14.0 Å². The fraction of sp³-hybridized carbons (Fsp3) is 0.200. The van der Waals surface area contributed by atoms with Gasteiger partial charge < -0.3 is 9.13 Å². The lowest BCUT2D eigenvalue weighted by molar-refractivity contribution is 0.104. The van der Waals surface area contributed by atoms with Crippen LogP contribution in [0.15, 0.2) is 97.2 Å². The molecule has 0 atom stereocenters. The Hall–Kier alpha value is -4.66. The first-order chi connectivity index (χ1) is 19.6. The number of carbonyl (C=O) groups is 1. The van der Waals surface area contributed by atoms with Crippen LogP contribution in [0.5, 0.6) is 0 Å². The summed E-state index contributed by atoms with van der Waals surface area (Å²) in [7, 11) is 2.00. The third-order valence-corrected chi connectivity index (χ3v) is 8.58. The molecular weight excluding hydrogens is 492 g/mol. The van der Waals surface area contributed by atoms with Crippen molar-refractivity contribution < 1.29 is 4.79 Å². The van der Waals surface area contributed by atoms with Gasteiger partial charge >= 0.3 is 0 Å². The van der Waals surface area contributed by atoms with Crippen LogP contribution in [0.4, 0.5) is 0 Å². The average Bonchev–Trinajstić information content (AvgIpc) is 3.52. The molecule has 0 amide bonds. The van der Waals surface area contributed by atoms with E-state index in [0.29, 0.717) is 6.04 Å². The topological polar surface area (TPSA) is 54.0 Å². The zero-order chi connectivity index (χ0) is 27.2. The highest BCUT2D eigenvalue weighted by Gasteiger charge is 2.27. The van der Waals surface area contributed by atoms with Crippen molar-refractivity contribution in [3.63, 3.8) is 0 Å². The first-order valence-electron chi connectivity index (χ1n) is 13.9. The molecule has 6 aromatic rings. The van der Waals surface area contributed by atoms with Crippen LogP contribution < -0.4 is 0 Å². The summed E-state index contributed by atoms with van der Waals surface area (Å²) < 4.78 is 4.51. The van der Waals surface area contributed by atoms with Gasteiger partial charge in [0.1, 0.15) is 0 Å². The first kappa shape index (κ1) is 24.4. The molecule has 1 aliphatic rings. The number of fused-ring (bicyclic) bond motifs is 4. The van der Waals surface area contributed by atoms with Gasteiger partial charge in [0.2, 0.25) is 0 Å². The summed E-state index contributed by atoms with van der Waals surface area (Å²) >= 11 is 0. The Balaban J connectivity index is 1.26. The molecule has 0 N–H and O–H groups in total. The molecule has 5 nitrogen and oxygen atoms in total. The summed E-state index contributed by atoms with van der Waals surface area (Å²) in [5.41, 5.74) is 6.73. The zero-order valence-electron chi connectivity index (χ0n) is 22.5. The minimum absolute atomic E-state index is 0.0660. The SMILES string of the molecule is Cn1cc(C(=O)c2cccc3c2c2ccccc2n3C2CCN(Cc3ccccc3C#N)CC2)c2ccccc21. The number of benzene rings is 4. The van der Waals surface area contributed by atoms with E-state index >= 15 is 0 Å². The molecule has 2 aromatic heterocycles. The molecule has 0 aliphatic carbocycles. The molecular formula is C35H30N4O. The van der Waals surface area contributed by atoms with Crippen LogP contribution in [0.2, 0.25) is 0 Å². The minimum atomic E-state index is 0.0660. The van der Waals surface area contributed by atoms with Crippen LogP contribution in [0.3, 0.4) is 0 Å². The molecule has 0 radical (unpaired) electrons. The Morgan fingerprint density at radius 1 is 0.800 bits per heavy atom. The van der Waals surface area contributed by atoms with Gasteiger partial charge in [-0.1, -0.05) is 66.7 Å². The van der Waals surface area contributed by atoms with Gasteiger partial charge in [0, 0.05) is 77.2 Å². The van der Waals surface area contributed by atoms with Crippen molar-refractivity contribution in [2.45, 2.75) is 25.4 Å². The van der Waals surface area contributed by atoms with E-state index in [9.17, 15) is 10.1 Å².